The molecule has 326 valence electrons. The van der Waals surface area contributed by atoms with Crippen molar-refractivity contribution in [1.29, 1.82) is 0 Å². The lowest BCUT2D eigenvalue weighted by molar-refractivity contribution is -0.137. The van der Waals surface area contributed by atoms with Crippen LogP contribution in [0.25, 0.3) is 11.1 Å². The van der Waals surface area contributed by atoms with Gasteiger partial charge in [0.15, 0.2) is 0 Å². The van der Waals surface area contributed by atoms with Crippen molar-refractivity contribution >= 4 is 18.1 Å². The van der Waals surface area contributed by atoms with Crippen molar-refractivity contribution in [3.8, 4) is 11.1 Å². The molecule has 14 heteroatoms. The molecule has 4 aromatic carbocycles. The molecular weight excluding hydrogens is 805 g/mol. The lowest BCUT2D eigenvalue weighted by Crippen LogP contribution is -2.49. The monoisotopic (exact) mass is 854 g/mol. The maximum atomic E-state index is 13.3. The number of aliphatic hydroxyl groups excluding tert-OH is 1. The Kier molecular flexibility index (Phi) is 14.3. The van der Waals surface area contributed by atoms with Gasteiger partial charge < -0.3 is 30.1 Å². The molecule has 62 heavy (non-hydrogen) atoms. The van der Waals surface area contributed by atoms with E-state index in [1.54, 1.807) is 30.2 Å². The maximum Gasteiger partial charge on any atom is 0.416 e. The number of ether oxygens (including phenoxy) is 2. The smallest absolute Gasteiger partial charge is 0.416 e. The average molecular weight is 855 g/mol. The van der Waals surface area contributed by atoms with Crippen LogP contribution in [0.2, 0.25) is 0 Å². The zero-order chi connectivity index (χ0) is 44.5. The molecular formula is C48H50F4N4O6. The van der Waals surface area contributed by atoms with Gasteiger partial charge >= 0.3 is 18.4 Å². The number of aliphatic hydroxyl groups is 1. The fraction of sp³-hybridized carbons (Fsp3) is 0.333. The Morgan fingerprint density at radius 1 is 0.742 bits per heavy atom. The number of hydrogen-bond donors (Lipinski definition) is 2. The van der Waals surface area contributed by atoms with E-state index in [-0.39, 0.29) is 25.2 Å². The first kappa shape index (κ1) is 45.3. The van der Waals surface area contributed by atoms with Crippen LogP contribution in [0.15, 0.2) is 128 Å². The summed E-state index contributed by atoms with van der Waals surface area (Å²) in [6.45, 7) is 4.48. The molecule has 0 saturated carbocycles. The molecule has 0 spiro atoms. The number of benzene rings is 4. The zero-order valence-corrected chi connectivity index (χ0v) is 34.6. The van der Waals surface area contributed by atoms with Gasteiger partial charge in [-0.3, -0.25) is 9.78 Å². The van der Waals surface area contributed by atoms with Crippen LogP contribution in [0, 0.1) is 5.82 Å². The molecule has 3 heterocycles. The predicted octanol–water partition coefficient (Wildman–Crippen LogP) is 10.2. The molecule has 2 aliphatic heterocycles. The van der Waals surface area contributed by atoms with Gasteiger partial charge in [0, 0.05) is 57.8 Å². The van der Waals surface area contributed by atoms with Crippen molar-refractivity contribution in [2.75, 3.05) is 19.7 Å². The third-order valence-electron chi connectivity index (χ3n) is 11.8. The molecule has 2 saturated heterocycles. The third kappa shape index (κ3) is 10.6. The SMILES string of the molecule is C[C@@H](c1ccc(-c2cccnc2)cc1)N1CC[C@](CCC(N)=O)(c2ccccc2)OC1=O.C[C@@H](c1ccc(C(F)(F)F)cc1)N1CC[C@](CCCO)(c2ccc(F)cc2)OC1=O. The van der Waals surface area contributed by atoms with Gasteiger partial charge in [0.25, 0.3) is 0 Å². The minimum atomic E-state index is -4.42. The van der Waals surface area contributed by atoms with Crippen LogP contribution in [0.4, 0.5) is 27.2 Å². The molecule has 2 fully saturated rings. The minimum absolute atomic E-state index is 0.0772. The highest BCUT2D eigenvalue weighted by molar-refractivity contribution is 5.74. The number of carbonyl (C=O) groups is 3. The van der Waals surface area contributed by atoms with Crippen molar-refractivity contribution in [1.82, 2.24) is 14.8 Å². The number of nitrogens with zero attached hydrogens (tertiary/aromatic N) is 3. The summed E-state index contributed by atoms with van der Waals surface area (Å²) in [4.78, 5) is 44.8. The fourth-order valence-electron chi connectivity index (χ4n) is 8.07. The molecule has 3 N–H and O–H groups in total. The first-order chi connectivity index (χ1) is 29.6. The second-order valence-electron chi connectivity index (χ2n) is 15.6. The number of amides is 3. The van der Waals surface area contributed by atoms with Crippen LogP contribution in [-0.4, -0.2) is 57.7 Å². The van der Waals surface area contributed by atoms with Crippen LogP contribution < -0.4 is 5.73 Å². The van der Waals surface area contributed by atoms with Gasteiger partial charge in [0.1, 0.15) is 17.0 Å². The van der Waals surface area contributed by atoms with Crippen LogP contribution >= 0.6 is 0 Å². The topological polar surface area (TPSA) is 135 Å². The Labute approximate surface area is 358 Å². The van der Waals surface area contributed by atoms with Crippen LogP contribution in [0.3, 0.4) is 0 Å². The second-order valence-corrected chi connectivity index (χ2v) is 15.6. The van der Waals surface area contributed by atoms with Crippen molar-refractivity contribution in [3.05, 3.63) is 161 Å². The Morgan fingerprint density at radius 2 is 1.27 bits per heavy atom. The number of nitrogens with two attached hydrogens (primary N) is 1. The van der Waals surface area contributed by atoms with E-state index in [1.807, 2.05) is 79.9 Å². The van der Waals surface area contributed by atoms with E-state index in [2.05, 4.69) is 4.98 Å². The number of carbonyl (C=O) groups excluding carboxylic acids is 3. The predicted molar refractivity (Wildman–Crippen MR) is 225 cm³/mol. The van der Waals surface area contributed by atoms with E-state index in [9.17, 15) is 37.1 Å². The Balaban J connectivity index is 0.000000207. The summed E-state index contributed by atoms with van der Waals surface area (Å²) in [6, 6.07) is 31.5. The molecule has 5 aromatic rings. The maximum absolute atomic E-state index is 13.3. The van der Waals surface area contributed by atoms with Crippen molar-refractivity contribution < 1.29 is 46.5 Å². The number of hydrogen-bond acceptors (Lipinski definition) is 7. The standard InChI is InChI=1S/C26H27N3O3.C22H23F4NO3/c1-19(20-9-11-21(12-10-20)22-6-5-16-28-18-22)29-17-15-26(32-25(29)31,14-13-24(27)30)23-7-3-2-4-8-23;1-15(16-3-5-18(6-4-16)22(24,25)26)27-13-12-21(11-2-14-28,30-20(27)29)17-7-9-19(23)10-8-17/h2-12,16,18-19H,13-15,17H2,1H3,(H2,27,30);3-10,15,28H,2,11-14H2,1H3/t19-,26+;15-,21+/m00/s1. The number of halogens is 4. The first-order valence-electron chi connectivity index (χ1n) is 20.5. The number of pyridine rings is 1. The van der Waals surface area contributed by atoms with Crippen LogP contribution in [0.5, 0.6) is 0 Å². The largest absolute Gasteiger partial charge is 0.438 e. The summed E-state index contributed by atoms with van der Waals surface area (Å²) >= 11 is 0. The van der Waals surface area contributed by atoms with Gasteiger partial charge in [-0.05, 0) is 90.4 Å². The Bertz CT molecular complexity index is 2260. The van der Waals surface area contributed by atoms with E-state index >= 15 is 0 Å². The van der Waals surface area contributed by atoms with Crippen molar-refractivity contribution in [2.45, 2.75) is 81.8 Å². The summed E-state index contributed by atoms with van der Waals surface area (Å²) in [5.41, 5.74) is 8.07. The summed E-state index contributed by atoms with van der Waals surface area (Å²) in [7, 11) is 0. The van der Waals surface area contributed by atoms with E-state index < -0.39 is 46.8 Å². The molecule has 0 bridgehead atoms. The van der Waals surface area contributed by atoms with Crippen LogP contribution in [-0.2, 0) is 31.6 Å². The minimum Gasteiger partial charge on any atom is -0.438 e. The highest BCUT2D eigenvalue weighted by Gasteiger charge is 2.45. The molecule has 2 aliphatic rings. The Morgan fingerprint density at radius 3 is 1.76 bits per heavy atom. The lowest BCUT2D eigenvalue weighted by atomic mass is 9.84. The molecule has 4 atom stereocenters. The van der Waals surface area contributed by atoms with E-state index in [0.717, 1.165) is 34.4 Å². The van der Waals surface area contributed by atoms with E-state index in [0.29, 0.717) is 56.3 Å². The van der Waals surface area contributed by atoms with Gasteiger partial charge in [-0.15, -0.1) is 0 Å². The summed E-state index contributed by atoms with van der Waals surface area (Å²) in [5.74, 6) is -0.809. The van der Waals surface area contributed by atoms with E-state index in [1.165, 1.54) is 29.2 Å². The highest BCUT2D eigenvalue weighted by atomic mass is 19.4. The van der Waals surface area contributed by atoms with Gasteiger partial charge in [-0.25, -0.2) is 14.0 Å². The first-order valence-corrected chi connectivity index (χ1v) is 20.5. The highest BCUT2D eigenvalue weighted by Crippen LogP contribution is 2.42. The van der Waals surface area contributed by atoms with E-state index in [4.69, 9.17) is 15.2 Å². The summed E-state index contributed by atoms with van der Waals surface area (Å²) in [6.07, 6.45) is 0.494. The zero-order valence-electron chi connectivity index (χ0n) is 34.6. The summed E-state index contributed by atoms with van der Waals surface area (Å²) in [5, 5.41) is 9.25. The fourth-order valence-corrected chi connectivity index (χ4v) is 8.07. The average Bonchev–Trinajstić information content (AvgIpc) is 3.28. The summed E-state index contributed by atoms with van der Waals surface area (Å²) < 4.78 is 63.5. The number of primary amides is 1. The van der Waals surface area contributed by atoms with Gasteiger partial charge in [-0.2, -0.15) is 13.2 Å². The number of aromatic nitrogens is 1. The molecule has 1 aromatic heterocycles. The molecule has 0 radical (unpaired) electrons. The second kappa shape index (κ2) is 19.6. The molecule has 0 aliphatic carbocycles. The molecule has 3 amide bonds. The van der Waals surface area contributed by atoms with Gasteiger partial charge in [-0.1, -0.05) is 84.9 Å². The normalized spacial score (nSPS) is 20.0. The molecule has 0 unspecified atom stereocenters. The molecule has 7 rings (SSSR count). The Hall–Kier alpha value is -6.28. The lowest BCUT2D eigenvalue weighted by Gasteiger charge is -2.43. The number of alkyl halides is 3. The van der Waals surface area contributed by atoms with Gasteiger partial charge in [0.05, 0.1) is 17.6 Å². The molecule has 10 nitrogen and oxygen atoms in total. The third-order valence-corrected chi connectivity index (χ3v) is 11.8. The van der Waals surface area contributed by atoms with Gasteiger partial charge in [0.2, 0.25) is 5.91 Å². The number of cyclic esters (lactones) is 2. The quantitative estimate of drug-likeness (QED) is 0.113. The van der Waals surface area contributed by atoms with Crippen LogP contribution in [0.1, 0.15) is 92.3 Å². The van der Waals surface area contributed by atoms with Crippen molar-refractivity contribution in [2.24, 2.45) is 5.73 Å². The van der Waals surface area contributed by atoms with Crippen molar-refractivity contribution in [3.63, 3.8) is 0 Å². The number of rotatable bonds is 13.